The zero-order chi connectivity index (χ0) is 18.5. The molecule has 3 unspecified atom stereocenters. The number of benzene rings is 1. The van der Waals surface area contributed by atoms with Crippen molar-refractivity contribution in [3.8, 4) is 0 Å². The number of aliphatic hydroxyl groups excluding tert-OH is 1. The largest absolute Gasteiger partial charge is 0.480 e. The van der Waals surface area contributed by atoms with Gasteiger partial charge in [0.1, 0.15) is 12.1 Å². The maximum absolute atomic E-state index is 12.1. The third kappa shape index (κ3) is 7.57. The van der Waals surface area contributed by atoms with Crippen LogP contribution < -0.4 is 10.6 Å². The van der Waals surface area contributed by atoms with Crippen molar-refractivity contribution >= 4 is 11.9 Å². The summed E-state index contributed by atoms with van der Waals surface area (Å²) in [6.07, 6.45) is 0.332. The number of nitrogens with one attached hydrogen (secondary N) is 2. The molecule has 3 atom stereocenters. The van der Waals surface area contributed by atoms with Gasteiger partial charge < -0.3 is 20.8 Å². The van der Waals surface area contributed by atoms with Crippen LogP contribution in [0.1, 0.15) is 39.2 Å². The molecule has 1 rings (SSSR count). The lowest BCUT2D eigenvalue weighted by atomic mass is 10.0. The van der Waals surface area contributed by atoms with E-state index in [1.165, 1.54) is 0 Å². The summed E-state index contributed by atoms with van der Waals surface area (Å²) < 4.78 is 0. The maximum atomic E-state index is 12.1. The van der Waals surface area contributed by atoms with Crippen LogP contribution in [0.2, 0.25) is 0 Å². The molecule has 0 saturated carbocycles. The molecule has 0 spiro atoms. The molecule has 24 heavy (non-hydrogen) atoms. The maximum Gasteiger partial charge on any atom is 0.326 e. The second-order valence-electron chi connectivity index (χ2n) is 5.22. The van der Waals surface area contributed by atoms with E-state index in [0.717, 1.165) is 12.0 Å². The summed E-state index contributed by atoms with van der Waals surface area (Å²) in [5, 5.41) is 24.6. The van der Waals surface area contributed by atoms with E-state index in [2.05, 4.69) is 10.6 Å². The number of aliphatic hydroxyl groups is 1. The lowest BCUT2D eigenvalue weighted by Gasteiger charge is -2.23. The van der Waals surface area contributed by atoms with Gasteiger partial charge in [-0.3, -0.25) is 4.79 Å². The Hall–Kier alpha value is -1.92. The summed E-state index contributed by atoms with van der Waals surface area (Å²) in [6, 6.07) is 7.59. The SMILES string of the molecule is CC.CCCC(NC)C(O)C(=O)NC(Cc1ccccc1)C(=O)O. The van der Waals surface area contributed by atoms with E-state index in [-0.39, 0.29) is 6.42 Å². The molecule has 0 aliphatic heterocycles. The molecule has 1 amide bonds. The number of hydrogen-bond acceptors (Lipinski definition) is 4. The standard InChI is InChI=1S/C16H24N2O4.C2H6/c1-3-7-12(17-2)14(19)15(20)18-13(16(21)22)10-11-8-5-4-6-9-11;1-2/h4-6,8-9,12-14,17,19H,3,7,10H2,1-2H3,(H,18,20)(H,21,22);1-2H3. The van der Waals surface area contributed by atoms with Gasteiger partial charge in [0, 0.05) is 12.5 Å². The summed E-state index contributed by atoms with van der Waals surface area (Å²) in [6.45, 7) is 5.95. The Morgan fingerprint density at radius 3 is 2.21 bits per heavy atom. The predicted molar refractivity (Wildman–Crippen MR) is 94.8 cm³/mol. The molecule has 0 bridgehead atoms. The first kappa shape index (κ1) is 22.1. The first-order chi connectivity index (χ1) is 11.5. The first-order valence-electron chi connectivity index (χ1n) is 8.42. The zero-order valence-electron chi connectivity index (χ0n) is 15.0. The van der Waals surface area contributed by atoms with Crippen LogP contribution in [0, 0.1) is 0 Å². The van der Waals surface area contributed by atoms with Crippen molar-refractivity contribution < 1.29 is 19.8 Å². The van der Waals surface area contributed by atoms with Crippen molar-refractivity contribution in [3.63, 3.8) is 0 Å². The minimum absolute atomic E-state index is 0.173. The Kier molecular flexibility index (Phi) is 11.5. The Bertz CT molecular complexity index is 479. The van der Waals surface area contributed by atoms with E-state index in [0.29, 0.717) is 6.42 Å². The van der Waals surface area contributed by atoms with Gasteiger partial charge in [-0.25, -0.2) is 4.79 Å². The Labute approximate surface area is 144 Å². The Balaban J connectivity index is 0.00000254. The lowest BCUT2D eigenvalue weighted by molar-refractivity contribution is -0.143. The number of aliphatic carboxylic acids is 1. The number of carboxylic acid groups (broad SMARTS) is 1. The van der Waals surface area contributed by atoms with Crippen molar-refractivity contribution in [2.24, 2.45) is 0 Å². The van der Waals surface area contributed by atoms with Gasteiger partial charge in [-0.1, -0.05) is 57.5 Å². The van der Waals surface area contributed by atoms with Gasteiger partial charge in [0.15, 0.2) is 0 Å². The fourth-order valence-electron chi connectivity index (χ4n) is 2.26. The molecule has 6 nitrogen and oxygen atoms in total. The number of amides is 1. The second-order valence-corrected chi connectivity index (χ2v) is 5.22. The van der Waals surface area contributed by atoms with Crippen LogP contribution in [0.3, 0.4) is 0 Å². The first-order valence-corrected chi connectivity index (χ1v) is 8.42. The second kappa shape index (κ2) is 12.5. The minimum atomic E-state index is -1.28. The quantitative estimate of drug-likeness (QED) is 0.548. The summed E-state index contributed by atoms with van der Waals surface area (Å²) >= 11 is 0. The van der Waals surface area contributed by atoms with Crippen molar-refractivity contribution in [1.29, 1.82) is 0 Å². The molecule has 0 heterocycles. The van der Waals surface area contributed by atoms with Gasteiger partial charge in [-0.2, -0.15) is 0 Å². The summed E-state index contributed by atoms with van der Waals surface area (Å²) in [5.41, 5.74) is 0.809. The number of likely N-dealkylation sites (N-methyl/N-ethyl adjacent to an activating group) is 1. The third-order valence-electron chi connectivity index (χ3n) is 3.52. The van der Waals surface area contributed by atoms with E-state index < -0.39 is 30.1 Å². The van der Waals surface area contributed by atoms with E-state index in [4.69, 9.17) is 0 Å². The molecular weight excluding hydrogens is 308 g/mol. The fraction of sp³-hybridized carbons (Fsp3) is 0.556. The molecule has 4 N–H and O–H groups in total. The molecule has 0 radical (unpaired) electrons. The molecule has 0 aromatic heterocycles. The van der Waals surface area contributed by atoms with Crippen LogP contribution in [-0.4, -0.2) is 47.3 Å². The topological polar surface area (TPSA) is 98.7 Å². The molecule has 1 aromatic carbocycles. The van der Waals surface area contributed by atoms with Gasteiger partial charge in [0.05, 0.1) is 0 Å². The lowest BCUT2D eigenvalue weighted by Crippen LogP contribution is -2.52. The normalized spacial score (nSPS) is 13.9. The van der Waals surface area contributed by atoms with Crippen molar-refractivity contribution in [2.45, 2.75) is 58.2 Å². The van der Waals surface area contributed by atoms with Crippen molar-refractivity contribution in [1.82, 2.24) is 10.6 Å². The highest BCUT2D eigenvalue weighted by atomic mass is 16.4. The third-order valence-corrected chi connectivity index (χ3v) is 3.52. The van der Waals surface area contributed by atoms with Crippen LogP contribution in [0.4, 0.5) is 0 Å². The van der Waals surface area contributed by atoms with E-state index in [9.17, 15) is 19.8 Å². The van der Waals surface area contributed by atoms with E-state index >= 15 is 0 Å². The minimum Gasteiger partial charge on any atom is -0.480 e. The number of carbonyl (C=O) groups is 2. The smallest absolute Gasteiger partial charge is 0.326 e. The highest BCUT2D eigenvalue weighted by molar-refractivity contribution is 5.86. The highest BCUT2D eigenvalue weighted by Crippen LogP contribution is 2.06. The molecule has 0 aliphatic carbocycles. The van der Waals surface area contributed by atoms with Crippen molar-refractivity contribution in [2.75, 3.05) is 7.05 Å². The fourth-order valence-corrected chi connectivity index (χ4v) is 2.26. The zero-order valence-corrected chi connectivity index (χ0v) is 15.0. The van der Waals surface area contributed by atoms with E-state index in [1.807, 2.05) is 39.0 Å². The molecule has 6 heteroatoms. The van der Waals surface area contributed by atoms with Gasteiger partial charge in [0.25, 0.3) is 5.91 Å². The van der Waals surface area contributed by atoms with Crippen LogP contribution in [0.5, 0.6) is 0 Å². The average Bonchev–Trinajstić information content (AvgIpc) is 2.61. The van der Waals surface area contributed by atoms with Gasteiger partial charge in [0.2, 0.25) is 0 Å². The Morgan fingerprint density at radius 2 is 1.75 bits per heavy atom. The predicted octanol–water partition coefficient (Wildman–Crippen LogP) is 1.57. The number of carbonyl (C=O) groups excluding carboxylic acids is 1. The molecule has 1 aromatic rings. The molecule has 0 saturated heterocycles. The number of carboxylic acids is 1. The summed E-state index contributed by atoms with van der Waals surface area (Å²) in [4.78, 5) is 23.4. The summed E-state index contributed by atoms with van der Waals surface area (Å²) in [7, 11) is 1.66. The van der Waals surface area contributed by atoms with Crippen LogP contribution in [0.25, 0.3) is 0 Å². The van der Waals surface area contributed by atoms with Gasteiger partial charge >= 0.3 is 5.97 Å². The molecular formula is C18H30N2O4. The van der Waals surface area contributed by atoms with Gasteiger partial charge in [-0.05, 0) is 19.0 Å². The highest BCUT2D eigenvalue weighted by Gasteiger charge is 2.28. The molecule has 0 fully saturated rings. The number of rotatable bonds is 9. The molecule has 0 aliphatic rings. The monoisotopic (exact) mass is 338 g/mol. The summed E-state index contributed by atoms with van der Waals surface area (Å²) in [5.74, 6) is -1.79. The number of hydrogen-bond donors (Lipinski definition) is 4. The van der Waals surface area contributed by atoms with Crippen LogP contribution >= 0.6 is 0 Å². The Morgan fingerprint density at radius 1 is 1.17 bits per heavy atom. The average molecular weight is 338 g/mol. The van der Waals surface area contributed by atoms with Crippen molar-refractivity contribution in [3.05, 3.63) is 35.9 Å². The van der Waals surface area contributed by atoms with Crippen LogP contribution in [-0.2, 0) is 16.0 Å². The van der Waals surface area contributed by atoms with Crippen LogP contribution in [0.15, 0.2) is 30.3 Å². The van der Waals surface area contributed by atoms with Gasteiger partial charge in [-0.15, -0.1) is 0 Å². The van der Waals surface area contributed by atoms with E-state index in [1.54, 1.807) is 19.2 Å². The molecule has 136 valence electrons.